The van der Waals surface area contributed by atoms with Crippen molar-refractivity contribution in [1.29, 1.82) is 0 Å². The lowest BCUT2D eigenvalue weighted by atomic mass is 10.3. The molecule has 0 aliphatic carbocycles. The number of alkyl halides is 2. The summed E-state index contributed by atoms with van der Waals surface area (Å²) < 4.78 is 26.5. The van der Waals surface area contributed by atoms with Gasteiger partial charge in [0.05, 0.1) is 11.1 Å². The van der Waals surface area contributed by atoms with Gasteiger partial charge in [-0.25, -0.2) is 8.78 Å². The summed E-state index contributed by atoms with van der Waals surface area (Å²) in [6.45, 7) is 1.94. The van der Waals surface area contributed by atoms with E-state index in [2.05, 4.69) is 15.3 Å². The van der Waals surface area contributed by atoms with Gasteiger partial charge in [0, 0.05) is 0 Å². The topological polar surface area (TPSA) is 43.1 Å². The van der Waals surface area contributed by atoms with Crippen LogP contribution in [0.5, 0.6) is 0 Å². The number of thioether (sulfide) groups is 1. The molecule has 4 nitrogen and oxygen atoms in total. The van der Waals surface area contributed by atoms with Gasteiger partial charge in [-0.2, -0.15) is 9.78 Å². The van der Waals surface area contributed by atoms with E-state index in [0.717, 1.165) is 15.1 Å². The van der Waals surface area contributed by atoms with Crippen molar-refractivity contribution in [1.82, 2.24) is 14.9 Å². The highest BCUT2D eigenvalue weighted by Gasteiger charge is 2.19. The van der Waals surface area contributed by atoms with Gasteiger partial charge in [-0.15, -0.1) is 21.5 Å². The smallest absolute Gasteiger partial charge is 0.201 e. The first kappa shape index (κ1) is 13.2. The number of aryl methyl sites for hydroxylation is 1. The minimum absolute atomic E-state index is 0.343. The second-order valence-electron chi connectivity index (χ2n) is 3.37. The van der Waals surface area contributed by atoms with Crippen molar-refractivity contribution < 1.29 is 8.78 Å². The summed E-state index contributed by atoms with van der Waals surface area (Å²) in [7, 11) is 0. The van der Waals surface area contributed by atoms with Gasteiger partial charge in [-0.1, -0.05) is 11.8 Å². The predicted molar refractivity (Wildman–Crippen MR) is 68.8 cm³/mol. The van der Waals surface area contributed by atoms with E-state index in [9.17, 15) is 8.78 Å². The Morgan fingerprint density at radius 1 is 1.50 bits per heavy atom. The Morgan fingerprint density at radius 2 is 2.28 bits per heavy atom. The van der Waals surface area contributed by atoms with E-state index in [1.807, 2.05) is 18.4 Å². The second kappa shape index (κ2) is 5.57. The Hall–Kier alpha value is -1.28. The molecule has 0 spiro atoms. The summed E-state index contributed by atoms with van der Waals surface area (Å²) in [6, 6.07) is 1.95. The minimum Gasteiger partial charge on any atom is -0.201 e. The van der Waals surface area contributed by atoms with Crippen molar-refractivity contribution in [3.63, 3.8) is 0 Å². The molecule has 18 heavy (non-hydrogen) atoms. The van der Waals surface area contributed by atoms with Gasteiger partial charge in [0.25, 0.3) is 6.43 Å². The molecule has 0 atom stereocenters. The second-order valence-corrected chi connectivity index (χ2v) is 5.09. The normalized spacial score (nSPS) is 11.8. The highest BCUT2D eigenvalue weighted by molar-refractivity contribution is 7.98. The summed E-state index contributed by atoms with van der Waals surface area (Å²) >= 11 is 2.72. The molecule has 2 aromatic rings. The molecule has 0 aliphatic rings. The third-order valence-corrected chi connectivity index (χ3v) is 3.78. The maximum atomic E-state index is 12.7. The fourth-order valence-electron chi connectivity index (χ4n) is 1.28. The highest BCUT2D eigenvalue weighted by Crippen LogP contribution is 2.22. The van der Waals surface area contributed by atoms with Crippen LogP contribution < -0.4 is 0 Å². The molecule has 0 N–H and O–H groups in total. The molecule has 2 rings (SSSR count). The summed E-state index contributed by atoms with van der Waals surface area (Å²) in [6.07, 6.45) is 0.594. The zero-order valence-corrected chi connectivity index (χ0v) is 11.3. The van der Waals surface area contributed by atoms with Crippen LogP contribution in [0.15, 0.2) is 21.7 Å². The van der Waals surface area contributed by atoms with E-state index in [1.54, 1.807) is 12.5 Å². The third-order valence-electron chi connectivity index (χ3n) is 2.21. The first-order chi connectivity index (χ1) is 8.63. The van der Waals surface area contributed by atoms with E-state index in [0.29, 0.717) is 5.16 Å². The van der Waals surface area contributed by atoms with E-state index in [4.69, 9.17) is 0 Å². The van der Waals surface area contributed by atoms with Crippen LogP contribution in [0.3, 0.4) is 0 Å². The van der Waals surface area contributed by atoms with Crippen molar-refractivity contribution in [2.24, 2.45) is 5.10 Å². The predicted octanol–water partition coefficient (Wildman–Crippen LogP) is 3.19. The van der Waals surface area contributed by atoms with Gasteiger partial charge in [0.1, 0.15) is 0 Å². The van der Waals surface area contributed by atoms with Gasteiger partial charge >= 0.3 is 0 Å². The van der Waals surface area contributed by atoms with Crippen LogP contribution in [-0.2, 0) is 0 Å². The Morgan fingerprint density at radius 3 is 2.83 bits per heavy atom. The van der Waals surface area contributed by atoms with E-state index >= 15 is 0 Å². The minimum atomic E-state index is -2.69. The van der Waals surface area contributed by atoms with Crippen LogP contribution in [-0.4, -0.2) is 27.3 Å². The molecule has 0 unspecified atom stereocenters. The fraction of sp³-hybridized carbons (Fsp3) is 0.300. The molecule has 0 aliphatic heterocycles. The Kier molecular flexibility index (Phi) is 4.07. The lowest BCUT2D eigenvalue weighted by molar-refractivity contribution is 0.135. The number of hydrogen-bond donors (Lipinski definition) is 0. The molecule has 0 amide bonds. The number of nitrogens with zero attached hydrogens (tertiary/aromatic N) is 4. The van der Waals surface area contributed by atoms with Gasteiger partial charge in [-0.3, -0.25) is 0 Å². The van der Waals surface area contributed by atoms with Crippen LogP contribution in [0.4, 0.5) is 8.78 Å². The number of thiophene rings is 1. The van der Waals surface area contributed by atoms with Crippen molar-refractivity contribution >= 4 is 29.3 Å². The van der Waals surface area contributed by atoms with E-state index in [1.165, 1.54) is 23.1 Å². The number of aromatic nitrogens is 3. The molecule has 0 bridgehead atoms. The van der Waals surface area contributed by atoms with Gasteiger partial charge in [0.2, 0.25) is 11.0 Å². The van der Waals surface area contributed by atoms with Gasteiger partial charge in [-0.05, 0) is 30.2 Å². The summed E-state index contributed by atoms with van der Waals surface area (Å²) in [4.78, 5) is 0.927. The Balaban J connectivity index is 2.35. The van der Waals surface area contributed by atoms with E-state index < -0.39 is 12.2 Å². The summed E-state index contributed by atoms with van der Waals surface area (Å²) in [5.41, 5.74) is 1.06. The Labute approximate surface area is 111 Å². The quantitative estimate of drug-likeness (QED) is 0.641. The van der Waals surface area contributed by atoms with E-state index in [-0.39, 0.29) is 0 Å². The largest absolute Gasteiger partial charge is 0.299 e. The summed E-state index contributed by atoms with van der Waals surface area (Å²) in [5.74, 6) is -0.440. The van der Waals surface area contributed by atoms with Crippen molar-refractivity contribution in [3.8, 4) is 0 Å². The molecule has 0 radical (unpaired) electrons. The lowest BCUT2D eigenvalue weighted by Crippen LogP contribution is -2.00. The molecular weight excluding hydrogens is 278 g/mol. The van der Waals surface area contributed by atoms with Crippen molar-refractivity contribution in [2.45, 2.75) is 18.5 Å². The van der Waals surface area contributed by atoms with Crippen LogP contribution >= 0.6 is 23.1 Å². The third kappa shape index (κ3) is 2.59. The lowest BCUT2D eigenvalue weighted by Gasteiger charge is -2.01. The maximum Gasteiger partial charge on any atom is 0.299 e. The maximum absolute atomic E-state index is 12.7. The standard InChI is InChI=1S/C10H10F2N4S2/c1-6-3-4-18-7(6)5-13-16-9(8(11)12)14-15-10(16)17-2/h3-5,8H,1-2H3/b13-5+. The Bertz CT molecular complexity index is 562. The highest BCUT2D eigenvalue weighted by atomic mass is 32.2. The van der Waals surface area contributed by atoms with Crippen molar-refractivity contribution in [2.75, 3.05) is 6.26 Å². The molecule has 2 heterocycles. The van der Waals surface area contributed by atoms with Gasteiger partial charge in [0.15, 0.2) is 0 Å². The first-order valence-corrected chi connectivity index (χ1v) is 7.10. The van der Waals surface area contributed by atoms with Crippen molar-refractivity contribution in [3.05, 3.63) is 27.7 Å². The molecule has 0 saturated heterocycles. The molecule has 0 aromatic carbocycles. The number of halogens is 2. The van der Waals surface area contributed by atoms with Crippen LogP contribution in [0.1, 0.15) is 22.7 Å². The average molecular weight is 288 g/mol. The molecule has 0 saturated carbocycles. The monoisotopic (exact) mass is 288 g/mol. The number of hydrogen-bond acceptors (Lipinski definition) is 5. The van der Waals surface area contributed by atoms with Crippen LogP contribution in [0, 0.1) is 6.92 Å². The van der Waals surface area contributed by atoms with Crippen LogP contribution in [0.25, 0.3) is 0 Å². The zero-order valence-electron chi connectivity index (χ0n) is 9.67. The summed E-state index contributed by atoms with van der Waals surface area (Å²) in [5, 5.41) is 13.4. The zero-order chi connectivity index (χ0) is 13.1. The number of rotatable bonds is 4. The SMILES string of the molecule is CSc1nnc(C(F)F)n1/N=C/c1sccc1C. The molecule has 8 heteroatoms. The first-order valence-electron chi connectivity index (χ1n) is 4.99. The van der Waals surface area contributed by atoms with Crippen LogP contribution in [0.2, 0.25) is 0 Å². The molecule has 2 aromatic heterocycles. The molecule has 96 valence electrons. The molecular formula is C10H10F2N4S2. The average Bonchev–Trinajstić information content (AvgIpc) is 2.92. The van der Waals surface area contributed by atoms with Gasteiger partial charge < -0.3 is 0 Å². The fourth-order valence-corrected chi connectivity index (χ4v) is 2.49. The molecule has 0 fully saturated rings.